The molecule has 3 heterocycles. The first-order valence-corrected chi connectivity index (χ1v) is 8.29. The fraction of sp³-hybridized carbons (Fsp3) is 0.421. The molecule has 1 spiro atoms. The Bertz CT molecular complexity index is 717. The average Bonchev–Trinajstić information content (AvgIpc) is 2.94. The highest BCUT2D eigenvalue weighted by Gasteiger charge is 2.48. The molecule has 126 valence electrons. The summed E-state index contributed by atoms with van der Waals surface area (Å²) in [4.78, 5) is 6.35. The Morgan fingerprint density at radius 2 is 2.12 bits per heavy atom. The van der Waals surface area contributed by atoms with E-state index < -0.39 is 11.6 Å². The summed E-state index contributed by atoms with van der Waals surface area (Å²) >= 11 is 0. The minimum atomic E-state index is -0.529. The van der Waals surface area contributed by atoms with Gasteiger partial charge in [0.1, 0.15) is 11.6 Å². The SMILES string of the molecule is Fc1ccc(CN2CC3(COC(Cc4cccnc4)C3)C2)c(F)c1. The monoisotopic (exact) mass is 330 g/mol. The molecule has 2 saturated heterocycles. The van der Waals surface area contributed by atoms with Crippen molar-refractivity contribution in [1.29, 1.82) is 0 Å². The molecule has 1 atom stereocenters. The lowest BCUT2D eigenvalue weighted by molar-refractivity contribution is -0.0146. The molecule has 4 rings (SSSR count). The molecule has 2 aliphatic heterocycles. The maximum absolute atomic E-state index is 13.7. The van der Waals surface area contributed by atoms with E-state index in [0.29, 0.717) is 12.1 Å². The van der Waals surface area contributed by atoms with Crippen molar-refractivity contribution >= 4 is 0 Å². The molecule has 0 N–H and O–H groups in total. The fourth-order valence-electron chi connectivity index (χ4n) is 3.93. The number of benzene rings is 1. The highest BCUT2D eigenvalue weighted by atomic mass is 19.1. The summed E-state index contributed by atoms with van der Waals surface area (Å²) in [6.45, 7) is 3.11. The molecule has 1 aromatic heterocycles. The maximum Gasteiger partial charge on any atom is 0.130 e. The predicted octanol–water partition coefficient (Wildman–Crippen LogP) is 3.19. The molecule has 0 amide bonds. The fourth-order valence-corrected chi connectivity index (χ4v) is 3.93. The number of hydrogen-bond acceptors (Lipinski definition) is 3. The van der Waals surface area contributed by atoms with Crippen LogP contribution in [-0.4, -0.2) is 35.7 Å². The summed E-state index contributed by atoms with van der Waals surface area (Å²) in [5.74, 6) is -0.994. The molecule has 0 aliphatic carbocycles. The Labute approximate surface area is 140 Å². The summed E-state index contributed by atoms with van der Waals surface area (Å²) in [5.41, 5.74) is 1.95. The summed E-state index contributed by atoms with van der Waals surface area (Å²) < 4.78 is 32.7. The van der Waals surface area contributed by atoms with Gasteiger partial charge in [0.2, 0.25) is 0 Å². The van der Waals surface area contributed by atoms with E-state index in [2.05, 4.69) is 16.0 Å². The van der Waals surface area contributed by atoms with Gasteiger partial charge < -0.3 is 4.74 Å². The van der Waals surface area contributed by atoms with Crippen molar-refractivity contribution in [2.45, 2.75) is 25.5 Å². The summed E-state index contributed by atoms with van der Waals surface area (Å²) in [7, 11) is 0. The Morgan fingerprint density at radius 1 is 1.25 bits per heavy atom. The molecule has 0 saturated carbocycles. The van der Waals surface area contributed by atoms with E-state index in [9.17, 15) is 8.78 Å². The lowest BCUT2D eigenvalue weighted by Crippen LogP contribution is -2.56. The van der Waals surface area contributed by atoms with Crippen LogP contribution < -0.4 is 0 Å². The molecule has 2 aliphatic rings. The van der Waals surface area contributed by atoms with Crippen molar-refractivity contribution < 1.29 is 13.5 Å². The Kier molecular flexibility index (Phi) is 4.06. The Balaban J connectivity index is 1.31. The molecule has 1 unspecified atom stereocenters. The van der Waals surface area contributed by atoms with E-state index in [1.165, 1.54) is 17.7 Å². The van der Waals surface area contributed by atoms with Gasteiger partial charge in [0.25, 0.3) is 0 Å². The average molecular weight is 330 g/mol. The number of halogens is 2. The van der Waals surface area contributed by atoms with Crippen LogP contribution in [0.5, 0.6) is 0 Å². The Morgan fingerprint density at radius 3 is 2.88 bits per heavy atom. The number of rotatable bonds is 4. The van der Waals surface area contributed by atoms with Gasteiger partial charge in [-0.25, -0.2) is 8.78 Å². The van der Waals surface area contributed by atoms with Gasteiger partial charge in [-0.2, -0.15) is 0 Å². The smallest absolute Gasteiger partial charge is 0.130 e. The first-order valence-electron chi connectivity index (χ1n) is 8.29. The van der Waals surface area contributed by atoms with Gasteiger partial charge in [-0.1, -0.05) is 12.1 Å². The zero-order chi connectivity index (χ0) is 16.6. The van der Waals surface area contributed by atoms with Crippen LogP contribution in [-0.2, 0) is 17.7 Å². The van der Waals surface area contributed by atoms with Gasteiger partial charge in [-0.15, -0.1) is 0 Å². The van der Waals surface area contributed by atoms with Gasteiger partial charge in [0.05, 0.1) is 12.7 Å². The molecule has 24 heavy (non-hydrogen) atoms. The van der Waals surface area contributed by atoms with Gasteiger partial charge in [-0.3, -0.25) is 9.88 Å². The van der Waals surface area contributed by atoms with Crippen molar-refractivity contribution in [2.24, 2.45) is 5.41 Å². The van der Waals surface area contributed by atoms with Gasteiger partial charge >= 0.3 is 0 Å². The number of hydrogen-bond donors (Lipinski definition) is 0. The van der Waals surface area contributed by atoms with Gasteiger partial charge in [0, 0.05) is 55.5 Å². The normalized spacial score (nSPS) is 22.7. The Hall–Kier alpha value is -1.85. The molecule has 0 bridgehead atoms. The largest absolute Gasteiger partial charge is 0.377 e. The van der Waals surface area contributed by atoms with Crippen LogP contribution in [0.4, 0.5) is 8.78 Å². The standard InChI is InChI=1S/C19H20F2N2O/c20-16-4-3-15(18(21)7-16)10-23-11-19(12-23)8-17(24-13-19)6-14-2-1-5-22-9-14/h1-5,7,9,17H,6,8,10-13H2. The summed E-state index contributed by atoms with van der Waals surface area (Å²) in [6.07, 6.45) is 5.82. The zero-order valence-electron chi connectivity index (χ0n) is 13.4. The number of nitrogens with zero attached hydrogens (tertiary/aromatic N) is 2. The van der Waals surface area contributed by atoms with Crippen LogP contribution in [0.1, 0.15) is 17.5 Å². The van der Waals surface area contributed by atoms with E-state index in [-0.39, 0.29) is 11.5 Å². The second-order valence-corrected chi connectivity index (χ2v) is 7.08. The van der Waals surface area contributed by atoms with Crippen LogP contribution in [0.2, 0.25) is 0 Å². The first-order chi connectivity index (χ1) is 11.6. The molecular weight excluding hydrogens is 310 g/mol. The quantitative estimate of drug-likeness (QED) is 0.861. The first kappa shape index (κ1) is 15.7. The lowest BCUT2D eigenvalue weighted by atomic mass is 9.77. The summed E-state index contributed by atoms with van der Waals surface area (Å²) in [5, 5.41) is 0. The van der Waals surface area contributed by atoms with Crippen molar-refractivity contribution in [1.82, 2.24) is 9.88 Å². The highest BCUT2D eigenvalue weighted by molar-refractivity contribution is 5.19. The molecule has 0 radical (unpaired) electrons. The number of ether oxygens (including phenoxy) is 1. The van der Waals surface area contributed by atoms with Crippen LogP contribution in [0.15, 0.2) is 42.7 Å². The number of likely N-dealkylation sites (tertiary alicyclic amines) is 1. The summed E-state index contributed by atoms with van der Waals surface area (Å²) in [6, 6.07) is 7.82. The lowest BCUT2D eigenvalue weighted by Gasteiger charge is -2.47. The van der Waals surface area contributed by atoms with Crippen LogP contribution in [0.25, 0.3) is 0 Å². The molecule has 2 aromatic rings. The van der Waals surface area contributed by atoms with E-state index in [1.807, 2.05) is 12.3 Å². The van der Waals surface area contributed by atoms with Crippen molar-refractivity contribution in [3.63, 3.8) is 0 Å². The van der Waals surface area contributed by atoms with Crippen molar-refractivity contribution in [3.05, 3.63) is 65.5 Å². The molecular formula is C19H20F2N2O. The van der Waals surface area contributed by atoms with E-state index in [0.717, 1.165) is 38.6 Å². The van der Waals surface area contributed by atoms with Crippen LogP contribution in [0.3, 0.4) is 0 Å². The molecule has 5 heteroatoms. The second kappa shape index (κ2) is 6.22. The highest BCUT2D eigenvalue weighted by Crippen LogP contribution is 2.42. The predicted molar refractivity (Wildman–Crippen MR) is 86.4 cm³/mol. The third-order valence-electron chi connectivity index (χ3n) is 5.00. The third-order valence-corrected chi connectivity index (χ3v) is 5.00. The number of pyridine rings is 1. The molecule has 3 nitrogen and oxygen atoms in total. The topological polar surface area (TPSA) is 25.4 Å². The molecule has 2 fully saturated rings. The van der Waals surface area contributed by atoms with E-state index >= 15 is 0 Å². The van der Waals surface area contributed by atoms with Crippen molar-refractivity contribution in [3.8, 4) is 0 Å². The number of aromatic nitrogens is 1. The molecule has 1 aromatic carbocycles. The minimum Gasteiger partial charge on any atom is -0.377 e. The van der Waals surface area contributed by atoms with Crippen LogP contribution in [0, 0.1) is 17.0 Å². The van der Waals surface area contributed by atoms with E-state index in [1.54, 1.807) is 6.20 Å². The van der Waals surface area contributed by atoms with Gasteiger partial charge in [-0.05, 0) is 24.1 Å². The van der Waals surface area contributed by atoms with E-state index in [4.69, 9.17) is 4.74 Å². The second-order valence-electron chi connectivity index (χ2n) is 7.08. The minimum absolute atomic E-state index is 0.198. The van der Waals surface area contributed by atoms with Crippen molar-refractivity contribution in [2.75, 3.05) is 19.7 Å². The van der Waals surface area contributed by atoms with Crippen LogP contribution >= 0.6 is 0 Å². The third kappa shape index (κ3) is 3.19. The van der Waals surface area contributed by atoms with Gasteiger partial charge in [0.15, 0.2) is 0 Å². The zero-order valence-corrected chi connectivity index (χ0v) is 13.4. The maximum atomic E-state index is 13.7.